The molecule has 11 atom stereocenters. The summed E-state index contributed by atoms with van der Waals surface area (Å²) in [6, 6.07) is -2.26. The molecule has 33 heavy (non-hydrogen) atoms. The highest BCUT2D eigenvalue weighted by Gasteiger charge is 2.69. The first-order chi connectivity index (χ1) is 14.9. The van der Waals surface area contributed by atoms with Crippen molar-refractivity contribution in [2.75, 3.05) is 13.2 Å². The van der Waals surface area contributed by atoms with Crippen LogP contribution in [0.3, 0.4) is 0 Å². The average molecular weight is 487 g/mol. The number of hydrogen-bond donors (Lipinski definition) is 13. The van der Waals surface area contributed by atoms with E-state index in [1.165, 1.54) is 0 Å². The fraction of sp³-hybridized carbons (Fsp3) is 0.875. The predicted molar refractivity (Wildman–Crippen MR) is 98.7 cm³/mol. The van der Waals surface area contributed by atoms with Crippen LogP contribution in [0.5, 0.6) is 0 Å². The molecule has 0 aromatic rings. The van der Waals surface area contributed by atoms with Crippen LogP contribution in [0.25, 0.3) is 0 Å². The van der Waals surface area contributed by atoms with Crippen molar-refractivity contribution in [2.24, 2.45) is 17.2 Å². The first-order valence-corrected chi connectivity index (χ1v) is 9.54. The van der Waals surface area contributed by atoms with Crippen LogP contribution >= 0.6 is 0 Å². The SMILES string of the molecule is NC(CC(=O)[C@]1(O)[C@@H](O)[C@H](O)[C@@H](CO)OC1(N)O)C(=O)[C@]1(O)[C@@H](O)[C@H](O)[C@@H](CO)OC1(N)O. The van der Waals surface area contributed by atoms with E-state index in [1.54, 1.807) is 0 Å². The molecule has 0 amide bonds. The van der Waals surface area contributed by atoms with Gasteiger partial charge in [-0.05, 0) is 0 Å². The highest BCUT2D eigenvalue weighted by molar-refractivity contribution is 5.99. The summed E-state index contributed by atoms with van der Waals surface area (Å²) in [5, 5.41) is 100. The van der Waals surface area contributed by atoms with E-state index in [2.05, 4.69) is 9.47 Å². The highest BCUT2D eigenvalue weighted by atomic mass is 16.7. The van der Waals surface area contributed by atoms with Gasteiger partial charge in [0, 0.05) is 6.42 Å². The number of carbonyl (C=O) groups is 2. The van der Waals surface area contributed by atoms with Crippen LogP contribution in [0.2, 0.25) is 0 Å². The van der Waals surface area contributed by atoms with Crippen LogP contribution in [0.4, 0.5) is 0 Å². The lowest BCUT2D eigenvalue weighted by Crippen LogP contribution is -2.81. The molecule has 2 aliphatic rings. The third-order valence-corrected chi connectivity index (χ3v) is 5.92. The molecule has 0 radical (unpaired) electrons. The molecule has 0 aliphatic carbocycles. The molecular weight excluding hydrogens is 458 g/mol. The van der Waals surface area contributed by atoms with E-state index in [0.717, 1.165) is 0 Å². The number of rotatable bonds is 7. The van der Waals surface area contributed by atoms with E-state index in [9.17, 15) is 50.4 Å². The van der Waals surface area contributed by atoms with Gasteiger partial charge >= 0.3 is 0 Å². The minimum Gasteiger partial charge on any atom is -0.394 e. The molecule has 0 aromatic carbocycles. The molecule has 0 aromatic heterocycles. The van der Waals surface area contributed by atoms with Gasteiger partial charge in [0.15, 0.2) is 11.6 Å². The second-order valence-corrected chi connectivity index (χ2v) is 8.07. The summed E-state index contributed by atoms with van der Waals surface area (Å²) in [5.74, 6) is -10.3. The lowest BCUT2D eigenvalue weighted by atomic mass is 9.75. The normalized spacial score (nSPS) is 49.5. The second kappa shape index (κ2) is 9.07. The average Bonchev–Trinajstić information content (AvgIpc) is 2.75. The fourth-order valence-corrected chi connectivity index (χ4v) is 3.81. The fourth-order valence-electron chi connectivity index (χ4n) is 3.81. The van der Waals surface area contributed by atoms with E-state index >= 15 is 0 Å². The first-order valence-electron chi connectivity index (χ1n) is 9.54. The smallest absolute Gasteiger partial charge is 0.263 e. The minimum absolute atomic E-state index is 0.989. The van der Waals surface area contributed by atoms with Gasteiger partial charge in [-0.1, -0.05) is 0 Å². The summed E-state index contributed by atoms with van der Waals surface area (Å²) >= 11 is 0. The van der Waals surface area contributed by atoms with Gasteiger partial charge in [-0.2, -0.15) is 0 Å². The Morgan fingerprint density at radius 2 is 1.15 bits per heavy atom. The van der Waals surface area contributed by atoms with Gasteiger partial charge in [-0.25, -0.2) is 0 Å². The first kappa shape index (κ1) is 28.0. The van der Waals surface area contributed by atoms with Crippen molar-refractivity contribution >= 4 is 11.6 Å². The molecule has 16 N–H and O–H groups in total. The monoisotopic (exact) mass is 487 g/mol. The Bertz CT molecular complexity index is 767. The summed E-state index contributed by atoms with van der Waals surface area (Å²) in [5.41, 5.74) is 9.16. The zero-order chi connectivity index (χ0) is 25.7. The molecule has 2 fully saturated rings. The Morgan fingerprint density at radius 1 is 0.788 bits per heavy atom. The Balaban J connectivity index is 2.32. The van der Waals surface area contributed by atoms with Crippen LogP contribution in [0.1, 0.15) is 6.42 Å². The summed E-state index contributed by atoms with van der Waals surface area (Å²) in [7, 11) is 0. The Morgan fingerprint density at radius 3 is 1.55 bits per heavy atom. The van der Waals surface area contributed by atoms with Crippen molar-refractivity contribution in [2.45, 2.75) is 72.1 Å². The van der Waals surface area contributed by atoms with E-state index in [0.29, 0.717) is 0 Å². The summed E-state index contributed by atoms with van der Waals surface area (Å²) < 4.78 is 9.32. The molecule has 192 valence electrons. The molecule has 17 nitrogen and oxygen atoms in total. The second-order valence-electron chi connectivity index (χ2n) is 8.07. The summed E-state index contributed by atoms with van der Waals surface area (Å²) in [6.45, 7) is -1.99. The maximum atomic E-state index is 12.8. The standard InChI is InChI=1S/C16H29N3O14/c17-4(10(25)14(29)12(27)9(24)6(3-21)33-16(14,19)31)1-7(22)13(28)11(26)8(23)5(2-20)32-15(13,18)30/h4-6,8-9,11-12,20-21,23-24,26-31H,1-3,17-19H2/t4?,5-,6-,8-,9-,11+,12+,13+,14+,15?,16?/m1/s1. The summed E-state index contributed by atoms with van der Waals surface area (Å²) in [6.07, 6.45) is -14.3. The topological polar surface area (TPSA) is 333 Å². The van der Waals surface area contributed by atoms with Crippen LogP contribution in [-0.4, -0.2) is 142 Å². The van der Waals surface area contributed by atoms with E-state index in [1.807, 2.05) is 0 Å². The number of carbonyl (C=O) groups excluding carboxylic acids is 2. The van der Waals surface area contributed by atoms with Gasteiger partial charge in [0.2, 0.25) is 11.2 Å². The number of Topliss-reactive ketones (excluding diaryl/α,β-unsaturated/α-hetero) is 2. The number of ether oxygens (including phenoxy) is 2. The molecular formula is C16H29N3O14. The number of ketones is 2. The van der Waals surface area contributed by atoms with E-state index in [-0.39, 0.29) is 0 Å². The van der Waals surface area contributed by atoms with Gasteiger partial charge < -0.3 is 66.3 Å². The molecule has 2 rings (SSSR count). The van der Waals surface area contributed by atoms with Crippen molar-refractivity contribution in [1.82, 2.24) is 0 Å². The molecule has 17 heteroatoms. The maximum Gasteiger partial charge on any atom is 0.263 e. The van der Waals surface area contributed by atoms with Crippen LogP contribution in [0, 0.1) is 0 Å². The van der Waals surface area contributed by atoms with E-state index in [4.69, 9.17) is 27.4 Å². The molecule has 2 aliphatic heterocycles. The largest absolute Gasteiger partial charge is 0.394 e. The van der Waals surface area contributed by atoms with Crippen molar-refractivity contribution in [3.63, 3.8) is 0 Å². The predicted octanol–water partition coefficient (Wildman–Crippen LogP) is -9.26. The third-order valence-electron chi connectivity index (χ3n) is 5.92. The van der Waals surface area contributed by atoms with Crippen LogP contribution in [0.15, 0.2) is 0 Å². The van der Waals surface area contributed by atoms with Crippen LogP contribution in [-0.2, 0) is 19.1 Å². The van der Waals surface area contributed by atoms with Gasteiger partial charge in [-0.3, -0.25) is 21.1 Å². The van der Waals surface area contributed by atoms with Gasteiger partial charge in [0.25, 0.3) is 11.8 Å². The Labute approximate surface area is 185 Å². The lowest BCUT2D eigenvalue weighted by Gasteiger charge is -2.51. The molecule has 2 saturated heterocycles. The van der Waals surface area contributed by atoms with Gasteiger partial charge in [0.1, 0.15) is 36.6 Å². The molecule has 3 unspecified atom stereocenters. The third kappa shape index (κ3) is 4.10. The highest BCUT2D eigenvalue weighted by Crippen LogP contribution is 2.38. The Kier molecular flexibility index (Phi) is 7.69. The van der Waals surface area contributed by atoms with Gasteiger partial charge in [0.05, 0.1) is 19.3 Å². The van der Waals surface area contributed by atoms with Crippen molar-refractivity contribution < 1.29 is 70.1 Å². The molecule has 0 saturated carbocycles. The van der Waals surface area contributed by atoms with Gasteiger partial charge in [-0.15, -0.1) is 0 Å². The number of nitrogens with two attached hydrogens (primary N) is 3. The Hall–Kier alpha value is -1.26. The van der Waals surface area contributed by atoms with Crippen molar-refractivity contribution in [3.05, 3.63) is 0 Å². The number of aliphatic hydroxyl groups is 10. The number of aliphatic hydroxyl groups excluding tert-OH is 6. The van der Waals surface area contributed by atoms with Crippen LogP contribution < -0.4 is 17.2 Å². The minimum atomic E-state index is -3.57. The zero-order valence-corrected chi connectivity index (χ0v) is 17.0. The lowest BCUT2D eigenvalue weighted by molar-refractivity contribution is -0.375. The number of hydrogen-bond acceptors (Lipinski definition) is 17. The summed E-state index contributed by atoms with van der Waals surface area (Å²) in [4.78, 5) is 25.5. The molecule has 2 heterocycles. The quantitative estimate of drug-likeness (QED) is 0.148. The van der Waals surface area contributed by atoms with Crippen molar-refractivity contribution in [3.8, 4) is 0 Å². The molecule has 0 bridgehead atoms. The van der Waals surface area contributed by atoms with Crippen molar-refractivity contribution in [1.29, 1.82) is 0 Å². The van der Waals surface area contributed by atoms with E-state index < -0.39 is 96.9 Å². The zero-order valence-electron chi connectivity index (χ0n) is 17.0. The maximum absolute atomic E-state index is 12.8. The molecule has 0 spiro atoms.